The van der Waals surface area contributed by atoms with E-state index >= 15 is 0 Å². The molecule has 0 heterocycles. The minimum Gasteiger partial charge on any atom is -0.490 e. The zero-order chi connectivity index (χ0) is 14.4. The lowest BCUT2D eigenvalue weighted by molar-refractivity contribution is -0.128. The van der Waals surface area contributed by atoms with Gasteiger partial charge >= 0.3 is 0 Å². The van der Waals surface area contributed by atoms with Crippen LogP contribution in [0.3, 0.4) is 0 Å². The first-order valence-corrected chi connectivity index (χ1v) is 6.85. The van der Waals surface area contributed by atoms with Crippen molar-refractivity contribution in [1.82, 2.24) is 4.90 Å². The van der Waals surface area contributed by atoms with E-state index in [0.717, 1.165) is 3.57 Å². The van der Waals surface area contributed by atoms with Gasteiger partial charge in [0.1, 0.15) is 0 Å². The molecule has 0 saturated carbocycles. The molecule has 0 aromatic heterocycles. The minimum atomic E-state index is 0.0751. The van der Waals surface area contributed by atoms with Gasteiger partial charge in [-0.05, 0) is 41.1 Å². The first kappa shape index (κ1) is 15.6. The molecular weight excluding hydrogens is 357 g/mol. The predicted molar refractivity (Wildman–Crippen MR) is 81.7 cm³/mol. The van der Waals surface area contributed by atoms with Gasteiger partial charge < -0.3 is 15.4 Å². The van der Waals surface area contributed by atoms with Gasteiger partial charge in [-0.25, -0.2) is 0 Å². The number of rotatable bonds is 5. The van der Waals surface area contributed by atoms with Crippen LogP contribution in [0, 0.1) is 14.9 Å². The highest BCUT2D eigenvalue weighted by Crippen LogP contribution is 2.29. The van der Waals surface area contributed by atoms with Gasteiger partial charge in [0.05, 0.1) is 27.5 Å². The molecule has 0 aliphatic rings. The SMILES string of the molecule is CN(C)C(=O)CCCOc1c(N)cc(C#N)cc1I. The molecule has 0 saturated heterocycles. The van der Waals surface area contributed by atoms with Gasteiger partial charge in [0.15, 0.2) is 5.75 Å². The monoisotopic (exact) mass is 373 g/mol. The fraction of sp³-hybridized carbons (Fsp3) is 0.385. The maximum atomic E-state index is 11.4. The average molecular weight is 373 g/mol. The summed E-state index contributed by atoms with van der Waals surface area (Å²) in [7, 11) is 3.45. The molecule has 1 amide bonds. The van der Waals surface area contributed by atoms with Crippen molar-refractivity contribution in [3.63, 3.8) is 0 Å². The number of hydrogen-bond donors (Lipinski definition) is 1. The second kappa shape index (κ2) is 7.19. The molecule has 0 spiro atoms. The summed E-state index contributed by atoms with van der Waals surface area (Å²) in [4.78, 5) is 12.9. The Hall–Kier alpha value is -1.49. The van der Waals surface area contributed by atoms with Crippen molar-refractivity contribution in [2.75, 3.05) is 26.4 Å². The van der Waals surface area contributed by atoms with Crippen LogP contribution in [0.25, 0.3) is 0 Å². The summed E-state index contributed by atoms with van der Waals surface area (Å²) in [6.45, 7) is 0.422. The summed E-state index contributed by atoms with van der Waals surface area (Å²) in [6, 6.07) is 5.35. The normalized spacial score (nSPS) is 9.79. The van der Waals surface area contributed by atoms with E-state index in [9.17, 15) is 4.79 Å². The number of carbonyl (C=O) groups excluding carboxylic acids is 1. The largest absolute Gasteiger partial charge is 0.490 e. The van der Waals surface area contributed by atoms with Crippen molar-refractivity contribution < 1.29 is 9.53 Å². The molecule has 19 heavy (non-hydrogen) atoms. The lowest BCUT2D eigenvalue weighted by atomic mass is 10.2. The molecule has 0 unspecified atom stereocenters. The minimum absolute atomic E-state index is 0.0751. The van der Waals surface area contributed by atoms with Crippen LogP contribution in [0.5, 0.6) is 5.75 Å². The molecule has 6 heteroatoms. The van der Waals surface area contributed by atoms with Crippen LogP contribution >= 0.6 is 22.6 Å². The fourth-order valence-electron chi connectivity index (χ4n) is 1.45. The molecule has 0 radical (unpaired) electrons. The Morgan fingerprint density at radius 3 is 2.74 bits per heavy atom. The highest BCUT2D eigenvalue weighted by molar-refractivity contribution is 14.1. The molecule has 5 nitrogen and oxygen atoms in total. The summed E-state index contributed by atoms with van der Waals surface area (Å²) < 4.78 is 6.38. The highest BCUT2D eigenvalue weighted by Gasteiger charge is 2.09. The van der Waals surface area contributed by atoms with Gasteiger partial charge in [-0.1, -0.05) is 0 Å². The van der Waals surface area contributed by atoms with E-state index in [-0.39, 0.29) is 5.91 Å². The number of nitrogen functional groups attached to an aromatic ring is 1. The Labute approximate surface area is 126 Å². The van der Waals surface area contributed by atoms with E-state index in [1.807, 2.05) is 6.07 Å². The van der Waals surface area contributed by atoms with Crippen molar-refractivity contribution in [2.45, 2.75) is 12.8 Å². The summed E-state index contributed by atoms with van der Waals surface area (Å²) in [5, 5.41) is 8.81. The van der Waals surface area contributed by atoms with Crippen molar-refractivity contribution in [3.05, 3.63) is 21.3 Å². The summed E-state index contributed by atoms with van der Waals surface area (Å²) >= 11 is 2.08. The Bertz CT molecular complexity index is 486. The van der Waals surface area contributed by atoms with Gasteiger partial charge in [0.2, 0.25) is 5.91 Å². The number of halogens is 1. The Morgan fingerprint density at radius 1 is 1.53 bits per heavy atom. The maximum absolute atomic E-state index is 11.4. The quantitative estimate of drug-likeness (QED) is 0.487. The van der Waals surface area contributed by atoms with E-state index in [1.54, 1.807) is 31.1 Å². The Kier molecular flexibility index (Phi) is 5.89. The molecule has 0 fully saturated rings. The summed E-state index contributed by atoms with van der Waals surface area (Å²) in [5.74, 6) is 0.656. The average Bonchev–Trinajstić information content (AvgIpc) is 2.36. The zero-order valence-electron chi connectivity index (χ0n) is 10.9. The smallest absolute Gasteiger partial charge is 0.222 e. The van der Waals surface area contributed by atoms with Crippen molar-refractivity contribution >= 4 is 34.2 Å². The third-order valence-corrected chi connectivity index (χ3v) is 3.28. The number of amides is 1. The van der Waals surface area contributed by atoms with Gasteiger partial charge in [0.25, 0.3) is 0 Å². The van der Waals surface area contributed by atoms with Crippen LogP contribution in [0.1, 0.15) is 18.4 Å². The molecule has 2 N–H and O–H groups in total. The van der Waals surface area contributed by atoms with E-state index in [4.69, 9.17) is 15.7 Å². The van der Waals surface area contributed by atoms with Crippen LogP contribution in [0.4, 0.5) is 5.69 Å². The second-order valence-electron chi connectivity index (χ2n) is 4.23. The number of nitrogens with two attached hydrogens (primary N) is 1. The first-order chi connectivity index (χ1) is 8.95. The fourth-order valence-corrected chi connectivity index (χ4v) is 2.26. The van der Waals surface area contributed by atoms with E-state index in [1.165, 1.54) is 0 Å². The third-order valence-electron chi connectivity index (χ3n) is 2.48. The molecule has 102 valence electrons. The molecular formula is C13H16IN3O2. The van der Waals surface area contributed by atoms with Crippen molar-refractivity contribution in [1.29, 1.82) is 5.26 Å². The van der Waals surface area contributed by atoms with Crippen LogP contribution < -0.4 is 10.5 Å². The maximum Gasteiger partial charge on any atom is 0.222 e. The number of anilines is 1. The van der Waals surface area contributed by atoms with E-state index in [0.29, 0.717) is 36.4 Å². The van der Waals surface area contributed by atoms with Crippen LogP contribution in [-0.2, 0) is 4.79 Å². The third kappa shape index (κ3) is 4.59. The van der Waals surface area contributed by atoms with Crippen LogP contribution in [0.15, 0.2) is 12.1 Å². The van der Waals surface area contributed by atoms with Gasteiger partial charge in [-0.2, -0.15) is 5.26 Å². The summed E-state index contributed by atoms with van der Waals surface area (Å²) in [5.41, 5.74) is 6.79. The number of benzene rings is 1. The lowest BCUT2D eigenvalue weighted by Crippen LogP contribution is -2.21. The second-order valence-corrected chi connectivity index (χ2v) is 5.39. The summed E-state index contributed by atoms with van der Waals surface area (Å²) in [6.07, 6.45) is 1.08. The molecule has 1 rings (SSSR count). The highest BCUT2D eigenvalue weighted by atomic mass is 127. The molecule has 1 aromatic carbocycles. The molecule has 0 bridgehead atoms. The van der Waals surface area contributed by atoms with Gasteiger partial charge in [0, 0.05) is 20.5 Å². The number of ether oxygens (including phenoxy) is 1. The Morgan fingerprint density at radius 2 is 2.21 bits per heavy atom. The zero-order valence-corrected chi connectivity index (χ0v) is 13.1. The number of hydrogen-bond acceptors (Lipinski definition) is 4. The Balaban J connectivity index is 2.55. The van der Waals surface area contributed by atoms with Crippen molar-refractivity contribution in [3.8, 4) is 11.8 Å². The number of nitriles is 1. The molecule has 0 aliphatic heterocycles. The van der Waals surface area contributed by atoms with Gasteiger partial charge in [-0.3, -0.25) is 4.79 Å². The van der Waals surface area contributed by atoms with E-state index in [2.05, 4.69) is 22.6 Å². The standard InChI is InChI=1S/C13H16IN3O2/c1-17(2)12(18)4-3-5-19-13-10(14)6-9(8-15)7-11(13)16/h6-7H,3-5,16H2,1-2H3. The molecule has 0 atom stereocenters. The van der Waals surface area contributed by atoms with Crippen LogP contribution in [0.2, 0.25) is 0 Å². The van der Waals surface area contributed by atoms with E-state index < -0.39 is 0 Å². The van der Waals surface area contributed by atoms with Gasteiger partial charge in [-0.15, -0.1) is 0 Å². The van der Waals surface area contributed by atoms with Crippen molar-refractivity contribution in [2.24, 2.45) is 0 Å². The lowest BCUT2D eigenvalue weighted by Gasteiger charge is -2.12. The molecule has 1 aromatic rings. The number of nitrogens with zero attached hydrogens (tertiary/aromatic N) is 2. The predicted octanol–water partition coefficient (Wildman–Crippen LogP) is 1.99. The topological polar surface area (TPSA) is 79.3 Å². The first-order valence-electron chi connectivity index (χ1n) is 5.77. The van der Waals surface area contributed by atoms with Crippen LogP contribution in [-0.4, -0.2) is 31.5 Å². The number of carbonyl (C=O) groups is 1. The molecule has 0 aliphatic carbocycles.